The lowest BCUT2D eigenvalue weighted by atomic mass is 10.2. The molecular weight excluding hydrogens is 222 g/mol. The Bertz CT molecular complexity index is 135. The molecule has 0 spiro atoms. The lowest BCUT2D eigenvalue weighted by Gasteiger charge is -2.29. The number of hydrogen-bond acceptors (Lipinski definition) is 4. The predicted octanol–water partition coefficient (Wildman–Crippen LogP) is -0.962. The van der Waals surface area contributed by atoms with E-state index in [0.29, 0.717) is 0 Å². The van der Waals surface area contributed by atoms with Crippen molar-refractivity contribution in [3.63, 3.8) is 0 Å². The Morgan fingerprint density at radius 3 is 1.81 bits per heavy atom. The number of likely N-dealkylation sites (N-methyl/N-ethyl adjacent to an activating group) is 1. The Morgan fingerprint density at radius 2 is 1.50 bits per heavy atom. The highest BCUT2D eigenvalue weighted by atomic mass is 28.3. The molecule has 0 fully saturated rings. The van der Waals surface area contributed by atoms with Crippen molar-refractivity contribution in [3.05, 3.63) is 0 Å². The molecular formula is C10H30N3O2Si+. The Morgan fingerprint density at radius 1 is 0.938 bits per heavy atom. The maximum atomic E-state index is 5.48. The van der Waals surface area contributed by atoms with E-state index >= 15 is 0 Å². The van der Waals surface area contributed by atoms with E-state index in [2.05, 4.69) is 22.9 Å². The summed E-state index contributed by atoms with van der Waals surface area (Å²) in [6.07, 6.45) is 2.34. The molecule has 0 aromatic carbocycles. The topological polar surface area (TPSA) is 70.5 Å². The van der Waals surface area contributed by atoms with E-state index in [9.17, 15) is 0 Å². The van der Waals surface area contributed by atoms with E-state index in [-0.39, 0.29) is 0 Å². The molecule has 0 saturated carbocycles. The average molecular weight is 252 g/mol. The second-order valence-corrected chi connectivity index (χ2v) is 5.75. The van der Waals surface area contributed by atoms with Gasteiger partial charge in [-0.15, -0.1) is 0 Å². The third-order valence-corrected chi connectivity index (χ3v) is 2.66. The summed E-state index contributed by atoms with van der Waals surface area (Å²) in [5, 5.41) is 0. The van der Waals surface area contributed by atoms with E-state index in [1.165, 1.54) is 13.0 Å². The van der Waals surface area contributed by atoms with Gasteiger partial charge < -0.3 is 24.8 Å². The first kappa shape index (κ1) is 18.4. The first-order valence-electron chi connectivity index (χ1n) is 5.74. The zero-order valence-electron chi connectivity index (χ0n) is 11.4. The van der Waals surface area contributed by atoms with Gasteiger partial charge in [0.05, 0.1) is 27.2 Å². The second-order valence-electron chi connectivity index (χ2n) is 4.36. The van der Waals surface area contributed by atoms with Gasteiger partial charge in [0.25, 0.3) is 0 Å². The van der Waals surface area contributed by atoms with Crippen LogP contribution in [0.1, 0.15) is 12.8 Å². The highest BCUT2D eigenvalue weighted by molar-refractivity contribution is 6.17. The Kier molecular flexibility index (Phi) is 15.0. The molecule has 0 aliphatic rings. The second kappa shape index (κ2) is 13.1. The van der Waals surface area contributed by atoms with Crippen LogP contribution in [0.25, 0.3) is 0 Å². The van der Waals surface area contributed by atoms with E-state index in [1.807, 2.05) is 0 Å². The summed E-state index contributed by atoms with van der Waals surface area (Å²) in [7, 11) is 7.15. The monoisotopic (exact) mass is 252 g/mol. The Hall–Kier alpha value is 0.0169. The van der Waals surface area contributed by atoms with Crippen LogP contribution in [-0.4, -0.2) is 69.0 Å². The molecule has 100 valence electrons. The van der Waals surface area contributed by atoms with E-state index in [1.54, 1.807) is 14.2 Å². The molecule has 6 heteroatoms. The van der Waals surface area contributed by atoms with Gasteiger partial charge in [0.15, 0.2) is 0 Å². The zero-order valence-corrected chi connectivity index (χ0v) is 12.8. The van der Waals surface area contributed by atoms with Gasteiger partial charge in [0.2, 0.25) is 0 Å². The molecule has 0 atom stereocenters. The molecule has 0 aromatic heterocycles. The number of unbranched alkanes of at least 4 members (excludes halogenated alkanes) is 1. The van der Waals surface area contributed by atoms with Crippen LogP contribution < -0.4 is 11.5 Å². The van der Waals surface area contributed by atoms with Crippen molar-refractivity contribution in [2.24, 2.45) is 11.5 Å². The normalized spacial score (nSPS) is 10.9. The molecule has 0 heterocycles. The molecule has 0 aromatic rings. The van der Waals surface area contributed by atoms with E-state index in [4.69, 9.17) is 11.5 Å². The lowest BCUT2D eigenvalue weighted by molar-refractivity contribution is -0.889. The molecule has 0 saturated heterocycles. The number of hydrogen-bond donors (Lipinski definition) is 2. The minimum absolute atomic E-state index is 0.568. The van der Waals surface area contributed by atoms with Gasteiger partial charge in [-0.05, 0) is 19.4 Å². The molecule has 0 amide bonds. The fourth-order valence-electron chi connectivity index (χ4n) is 1.26. The minimum Gasteiger partial charge on any atom is -0.402 e. The summed E-state index contributed by atoms with van der Waals surface area (Å²) in [5.41, 5.74) is 10.9. The summed E-state index contributed by atoms with van der Waals surface area (Å²) in [4.78, 5) is 0. The van der Waals surface area contributed by atoms with E-state index < -0.39 is 10.0 Å². The summed E-state index contributed by atoms with van der Waals surface area (Å²) < 4.78 is 10.2. The van der Waals surface area contributed by atoms with Crippen LogP contribution in [0.3, 0.4) is 0 Å². The quantitative estimate of drug-likeness (QED) is 0.332. The number of quaternary nitrogens is 1. The fourth-order valence-corrected chi connectivity index (χ4v) is 1.50. The molecule has 16 heavy (non-hydrogen) atoms. The molecule has 4 N–H and O–H groups in total. The average Bonchev–Trinajstić information content (AvgIpc) is 2.20. The van der Waals surface area contributed by atoms with Crippen LogP contribution in [-0.2, 0) is 8.85 Å². The van der Waals surface area contributed by atoms with E-state index in [0.717, 1.165) is 30.5 Å². The van der Waals surface area contributed by atoms with Gasteiger partial charge in [-0.3, -0.25) is 0 Å². The third kappa shape index (κ3) is 16.4. The third-order valence-electron chi connectivity index (χ3n) is 2.19. The van der Waals surface area contributed by atoms with Crippen LogP contribution in [0.15, 0.2) is 0 Å². The van der Waals surface area contributed by atoms with Crippen molar-refractivity contribution in [1.29, 1.82) is 0 Å². The van der Waals surface area contributed by atoms with Crippen molar-refractivity contribution in [2.75, 3.05) is 54.5 Å². The molecule has 0 unspecified atom stereocenters. The maximum absolute atomic E-state index is 5.48. The number of nitrogens with zero attached hydrogens (tertiary/aromatic N) is 1. The summed E-state index contributed by atoms with van der Waals surface area (Å²) in [6.45, 7) is 3.83. The van der Waals surface area contributed by atoms with Crippen molar-refractivity contribution in [2.45, 2.75) is 12.8 Å². The first-order valence-corrected chi connectivity index (χ1v) is 6.89. The van der Waals surface area contributed by atoms with Gasteiger partial charge in [-0.1, -0.05) is 0 Å². The van der Waals surface area contributed by atoms with Crippen LogP contribution >= 0.6 is 0 Å². The van der Waals surface area contributed by atoms with Gasteiger partial charge in [0, 0.05) is 20.8 Å². The zero-order chi connectivity index (χ0) is 12.9. The molecule has 5 nitrogen and oxygen atoms in total. The number of nitrogens with two attached hydrogens (primary N) is 2. The SMILES string of the molecule is CO[SiH2]OC.C[N+](C)(CCN)CCCCN. The summed E-state index contributed by atoms with van der Waals surface area (Å²) in [5.74, 6) is 0. The predicted molar refractivity (Wildman–Crippen MR) is 71.7 cm³/mol. The van der Waals surface area contributed by atoms with Crippen molar-refractivity contribution < 1.29 is 13.3 Å². The van der Waals surface area contributed by atoms with Crippen LogP contribution in [0.2, 0.25) is 0 Å². The van der Waals surface area contributed by atoms with Gasteiger partial charge in [-0.2, -0.15) is 0 Å². The van der Waals surface area contributed by atoms with Crippen LogP contribution in [0, 0.1) is 0 Å². The van der Waals surface area contributed by atoms with Gasteiger partial charge in [-0.25, -0.2) is 0 Å². The van der Waals surface area contributed by atoms with Gasteiger partial charge in [0.1, 0.15) is 0 Å². The summed E-state index contributed by atoms with van der Waals surface area (Å²) in [6, 6.07) is 0. The van der Waals surface area contributed by atoms with Gasteiger partial charge >= 0.3 is 10.0 Å². The lowest BCUT2D eigenvalue weighted by Crippen LogP contribution is -2.44. The molecule has 0 aliphatic carbocycles. The van der Waals surface area contributed by atoms with Crippen LogP contribution in [0.4, 0.5) is 0 Å². The molecule has 0 aliphatic heterocycles. The minimum atomic E-state index is -0.568. The fraction of sp³-hybridized carbons (Fsp3) is 1.00. The van der Waals surface area contributed by atoms with Crippen LogP contribution in [0.5, 0.6) is 0 Å². The largest absolute Gasteiger partial charge is 0.402 e. The van der Waals surface area contributed by atoms with Crippen molar-refractivity contribution in [1.82, 2.24) is 0 Å². The Balaban J connectivity index is 0. The highest BCUT2D eigenvalue weighted by Crippen LogP contribution is 1.99. The standard InChI is InChI=1S/C8H22N3.C2H8O2Si/c1-11(2,8-6-10)7-4-3-5-9;1-3-5-4-2/h3-10H2,1-2H3;5H2,1-2H3/q+1;. The smallest absolute Gasteiger partial charge is 0.303 e. The maximum Gasteiger partial charge on any atom is 0.303 e. The molecule has 0 bridgehead atoms. The summed E-state index contributed by atoms with van der Waals surface area (Å²) >= 11 is 0. The Labute approximate surface area is 103 Å². The van der Waals surface area contributed by atoms with Crippen molar-refractivity contribution in [3.8, 4) is 0 Å². The molecule has 0 radical (unpaired) electrons. The molecule has 0 rings (SSSR count). The van der Waals surface area contributed by atoms with Crippen molar-refractivity contribution >= 4 is 10.0 Å². The highest BCUT2D eigenvalue weighted by Gasteiger charge is 2.11. The number of rotatable bonds is 8. The first-order chi connectivity index (χ1) is 7.54.